The summed E-state index contributed by atoms with van der Waals surface area (Å²) in [5.74, 6) is 2.16. The Hall–Kier alpha value is -3.71. The summed E-state index contributed by atoms with van der Waals surface area (Å²) in [5.41, 5.74) is 1.96. The van der Waals surface area contributed by atoms with Crippen LogP contribution in [-0.2, 0) is 16.0 Å². The zero-order valence-electron chi connectivity index (χ0n) is 20.0. The van der Waals surface area contributed by atoms with Crippen LogP contribution in [0.1, 0.15) is 31.4 Å². The molecule has 36 heavy (non-hydrogen) atoms. The zero-order valence-corrected chi connectivity index (χ0v) is 20.8. The molecule has 0 fully saturated rings. The summed E-state index contributed by atoms with van der Waals surface area (Å²) in [7, 11) is 0. The lowest BCUT2D eigenvalue weighted by atomic mass is 9.88. The van der Waals surface area contributed by atoms with Crippen LogP contribution in [0.2, 0.25) is 0 Å². The van der Waals surface area contributed by atoms with Gasteiger partial charge in [0.1, 0.15) is 23.1 Å². The number of allylic oxidation sites excluding steroid dienone is 4. The fraction of sp³-hybridized carbons (Fsp3) is 0.207. The molecule has 0 radical (unpaired) electrons. The minimum Gasteiger partial charge on any atom is -0.456 e. The molecule has 1 N–H and O–H groups in total. The molecule has 1 aliphatic carbocycles. The predicted molar refractivity (Wildman–Crippen MR) is 140 cm³/mol. The molecular formula is C29H25FN2O3S. The Bertz CT molecular complexity index is 1390. The van der Waals surface area contributed by atoms with Crippen molar-refractivity contribution < 1.29 is 18.7 Å². The average Bonchev–Trinajstić information content (AvgIpc) is 2.85. The second-order valence-electron chi connectivity index (χ2n) is 9.44. The molecule has 0 spiro atoms. The van der Waals surface area contributed by atoms with E-state index in [1.807, 2.05) is 30.3 Å². The van der Waals surface area contributed by atoms with Gasteiger partial charge in [-0.3, -0.25) is 9.59 Å². The van der Waals surface area contributed by atoms with Gasteiger partial charge in [0, 0.05) is 35.5 Å². The van der Waals surface area contributed by atoms with Gasteiger partial charge in [-0.05, 0) is 55.7 Å². The Morgan fingerprint density at radius 2 is 1.83 bits per heavy atom. The summed E-state index contributed by atoms with van der Waals surface area (Å²) in [5, 5.41) is 3.44. The van der Waals surface area contributed by atoms with Crippen LogP contribution in [0.4, 0.5) is 10.2 Å². The number of hydrogen-bond donors (Lipinski definition) is 1. The maximum Gasteiger partial charge on any atom is 0.196 e. The van der Waals surface area contributed by atoms with Crippen molar-refractivity contribution in [2.45, 2.75) is 37.1 Å². The van der Waals surface area contributed by atoms with Crippen molar-refractivity contribution in [3.63, 3.8) is 0 Å². The predicted octanol–water partition coefficient (Wildman–Crippen LogP) is 6.40. The van der Waals surface area contributed by atoms with E-state index in [0.29, 0.717) is 23.3 Å². The molecule has 7 heteroatoms. The van der Waals surface area contributed by atoms with Gasteiger partial charge < -0.3 is 10.1 Å². The molecule has 3 aromatic rings. The number of pyridine rings is 1. The van der Waals surface area contributed by atoms with Crippen LogP contribution in [0.5, 0.6) is 11.5 Å². The van der Waals surface area contributed by atoms with Crippen LogP contribution < -0.4 is 10.1 Å². The minimum atomic E-state index is -0.370. The summed E-state index contributed by atoms with van der Waals surface area (Å²) in [4.78, 5) is 31.4. The fourth-order valence-corrected chi connectivity index (χ4v) is 5.25. The van der Waals surface area contributed by atoms with Crippen molar-refractivity contribution in [1.82, 2.24) is 4.98 Å². The fourth-order valence-electron chi connectivity index (χ4n) is 4.18. The molecule has 1 aliphatic heterocycles. The number of ketones is 2. The van der Waals surface area contributed by atoms with E-state index < -0.39 is 0 Å². The number of nitrogens with one attached hydrogen (secondary N) is 1. The second-order valence-corrected chi connectivity index (χ2v) is 10.4. The highest BCUT2D eigenvalue weighted by Gasteiger charge is 2.28. The summed E-state index contributed by atoms with van der Waals surface area (Å²) < 4.78 is 19.4. The highest BCUT2D eigenvalue weighted by molar-refractivity contribution is 7.99. The molecule has 0 saturated heterocycles. The number of Topliss-reactive ketones (excluding diaryl/α,β-unsaturated/α-hetero) is 2. The van der Waals surface area contributed by atoms with Crippen LogP contribution in [0.25, 0.3) is 5.57 Å². The summed E-state index contributed by atoms with van der Waals surface area (Å²) in [6.07, 6.45) is 5.74. The number of carbonyl (C=O) groups is 2. The van der Waals surface area contributed by atoms with E-state index >= 15 is 0 Å². The van der Waals surface area contributed by atoms with E-state index in [4.69, 9.17) is 4.74 Å². The Labute approximate surface area is 213 Å². The van der Waals surface area contributed by atoms with Crippen molar-refractivity contribution >= 4 is 34.7 Å². The highest BCUT2D eigenvalue weighted by Crippen LogP contribution is 2.43. The molecule has 2 aromatic carbocycles. The van der Waals surface area contributed by atoms with Gasteiger partial charge in [0.05, 0.1) is 10.5 Å². The van der Waals surface area contributed by atoms with Crippen molar-refractivity contribution in [3.05, 3.63) is 95.5 Å². The molecule has 0 amide bonds. The number of hydrogen-bond acceptors (Lipinski definition) is 6. The van der Waals surface area contributed by atoms with E-state index in [2.05, 4.69) is 24.1 Å². The quantitative estimate of drug-likeness (QED) is 0.395. The first-order valence-electron chi connectivity index (χ1n) is 11.7. The molecule has 5 nitrogen and oxygen atoms in total. The van der Waals surface area contributed by atoms with Crippen LogP contribution in [-0.4, -0.2) is 27.8 Å². The van der Waals surface area contributed by atoms with Gasteiger partial charge in [0.2, 0.25) is 0 Å². The van der Waals surface area contributed by atoms with Crippen molar-refractivity contribution in [2.24, 2.45) is 0 Å². The molecular weight excluding hydrogens is 475 g/mol. The third-order valence-electron chi connectivity index (χ3n) is 6.01. The zero-order chi connectivity index (χ0) is 25.3. The molecule has 1 aromatic heterocycles. The van der Waals surface area contributed by atoms with Gasteiger partial charge in [-0.15, -0.1) is 11.8 Å². The van der Waals surface area contributed by atoms with E-state index in [1.165, 1.54) is 12.1 Å². The van der Waals surface area contributed by atoms with E-state index in [9.17, 15) is 14.0 Å². The van der Waals surface area contributed by atoms with E-state index in [-0.39, 0.29) is 34.9 Å². The van der Waals surface area contributed by atoms with Gasteiger partial charge in [-0.25, -0.2) is 9.37 Å². The maximum atomic E-state index is 13.3. The standard InChI is InChI=1S/C29H25FN2O3S/c1-29(2)17-36-27-25(14-15-31-28(27)32-29)35-21-12-6-18(7-13-21)16-24(33)23-5-3-4-22(26(23)34)19-8-10-20(30)11-9-19/h4-15H,3,16-17H2,1-2H3,(H,31,32). The molecule has 182 valence electrons. The third-order valence-corrected chi connectivity index (χ3v) is 7.56. The maximum absolute atomic E-state index is 13.3. The van der Waals surface area contributed by atoms with Crippen LogP contribution in [0, 0.1) is 5.82 Å². The first-order valence-corrected chi connectivity index (χ1v) is 12.7. The number of ether oxygens (including phenoxy) is 1. The number of nitrogens with zero attached hydrogens (tertiary/aromatic N) is 1. The Morgan fingerprint density at radius 1 is 1.08 bits per heavy atom. The van der Waals surface area contributed by atoms with Crippen LogP contribution >= 0.6 is 11.8 Å². The number of aromatic nitrogens is 1. The number of anilines is 1. The number of halogens is 1. The number of fused-ring (bicyclic) bond motifs is 1. The molecule has 0 saturated carbocycles. The van der Waals surface area contributed by atoms with Gasteiger partial charge in [0.25, 0.3) is 0 Å². The molecule has 0 bridgehead atoms. The highest BCUT2D eigenvalue weighted by atomic mass is 32.2. The lowest BCUT2D eigenvalue weighted by Crippen LogP contribution is -2.36. The Balaban J connectivity index is 1.25. The number of rotatable bonds is 6. The summed E-state index contributed by atoms with van der Waals surface area (Å²) in [6.45, 7) is 4.27. The molecule has 0 unspecified atom stereocenters. The van der Waals surface area contributed by atoms with Gasteiger partial charge >= 0.3 is 0 Å². The van der Waals surface area contributed by atoms with Gasteiger partial charge in [-0.1, -0.05) is 36.4 Å². The van der Waals surface area contributed by atoms with Crippen LogP contribution in [0.15, 0.2) is 83.4 Å². The monoisotopic (exact) mass is 500 g/mol. The van der Waals surface area contributed by atoms with Crippen molar-refractivity contribution in [2.75, 3.05) is 11.1 Å². The molecule has 5 rings (SSSR count). The lowest BCUT2D eigenvalue weighted by Gasteiger charge is -2.32. The number of carbonyl (C=O) groups excluding carboxylic acids is 2. The normalized spacial score (nSPS) is 16.4. The average molecular weight is 501 g/mol. The topological polar surface area (TPSA) is 68.3 Å². The third kappa shape index (κ3) is 5.11. The summed E-state index contributed by atoms with van der Waals surface area (Å²) in [6, 6.07) is 14.9. The van der Waals surface area contributed by atoms with Crippen molar-refractivity contribution in [1.29, 1.82) is 0 Å². The smallest absolute Gasteiger partial charge is 0.196 e. The second kappa shape index (κ2) is 9.74. The Morgan fingerprint density at radius 3 is 2.58 bits per heavy atom. The molecule has 2 aliphatic rings. The van der Waals surface area contributed by atoms with Gasteiger partial charge in [-0.2, -0.15) is 0 Å². The first kappa shape index (κ1) is 24.0. The van der Waals surface area contributed by atoms with E-state index in [0.717, 1.165) is 27.8 Å². The molecule has 2 heterocycles. The number of thioether (sulfide) groups is 1. The van der Waals surface area contributed by atoms with E-state index in [1.54, 1.807) is 42.2 Å². The SMILES string of the molecule is CC1(C)CSc2c(Oc3ccc(CC(=O)C4=CCC=C(c5ccc(F)cc5)C4=O)cc3)ccnc2N1. The van der Waals surface area contributed by atoms with Crippen LogP contribution in [0.3, 0.4) is 0 Å². The lowest BCUT2D eigenvalue weighted by molar-refractivity contribution is -0.118. The summed E-state index contributed by atoms with van der Waals surface area (Å²) >= 11 is 1.71. The number of benzene rings is 2. The Kier molecular flexibility index (Phi) is 6.49. The van der Waals surface area contributed by atoms with Gasteiger partial charge in [0.15, 0.2) is 11.6 Å². The first-order chi connectivity index (χ1) is 17.3. The largest absolute Gasteiger partial charge is 0.456 e. The molecule has 0 atom stereocenters. The van der Waals surface area contributed by atoms with Crippen molar-refractivity contribution in [3.8, 4) is 11.5 Å². The minimum absolute atomic E-state index is 0.0395.